The highest BCUT2D eigenvalue weighted by Crippen LogP contribution is 2.49. The largest absolute Gasteiger partial charge is 0.493 e. The summed E-state index contributed by atoms with van der Waals surface area (Å²) in [4.78, 5) is 11.9. The van der Waals surface area contributed by atoms with Crippen molar-refractivity contribution in [1.29, 1.82) is 0 Å². The van der Waals surface area contributed by atoms with E-state index in [2.05, 4.69) is 0 Å². The number of hydrogen-bond donors (Lipinski definition) is 0. The van der Waals surface area contributed by atoms with Crippen molar-refractivity contribution in [3.05, 3.63) is 17.2 Å². The summed E-state index contributed by atoms with van der Waals surface area (Å²) in [6.07, 6.45) is -0.337. The quantitative estimate of drug-likeness (QED) is 0.620. The first-order valence-corrected chi connectivity index (χ1v) is 6.05. The molecule has 2 rings (SSSR count). The Bertz CT molecular complexity index is 509. The molecule has 1 aliphatic heterocycles. The maximum atomic E-state index is 11.9. The van der Waals surface area contributed by atoms with E-state index < -0.39 is 0 Å². The van der Waals surface area contributed by atoms with Crippen molar-refractivity contribution in [2.75, 3.05) is 21.3 Å². The van der Waals surface area contributed by atoms with Crippen molar-refractivity contribution < 1.29 is 23.7 Å². The lowest BCUT2D eigenvalue weighted by atomic mass is 9.90. The number of esters is 1. The molecule has 19 heavy (non-hydrogen) atoms. The predicted molar refractivity (Wildman–Crippen MR) is 68.8 cm³/mol. The number of fused-ring (bicyclic) bond motifs is 1. The minimum Gasteiger partial charge on any atom is -0.493 e. The van der Waals surface area contributed by atoms with Crippen LogP contribution in [0.2, 0.25) is 0 Å². The van der Waals surface area contributed by atoms with Gasteiger partial charge in [-0.15, -0.1) is 0 Å². The van der Waals surface area contributed by atoms with Crippen LogP contribution in [0.25, 0.3) is 0 Å². The number of rotatable bonds is 3. The molecule has 0 fully saturated rings. The van der Waals surface area contributed by atoms with Gasteiger partial charge >= 0.3 is 5.97 Å². The molecule has 0 aliphatic carbocycles. The summed E-state index contributed by atoms with van der Waals surface area (Å²) in [5, 5.41) is 0. The molecule has 1 aliphatic rings. The van der Waals surface area contributed by atoms with Crippen molar-refractivity contribution in [1.82, 2.24) is 0 Å². The van der Waals surface area contributed by atoms with Gasteiger partial charge in [0.15, 0.2) is 11.5 Å². The second kappa shape index (κ2) is 5.09. The molecule has 1 heterocycles. The fourth-order valence-corrected chi connectivity index (χ4v) is 2.44. The fourth-order valence-electron chi connectivity index (χ4n) is 2.44. The lowest BCUT2D eigenvalue weighted by Crippen LogP contribution is -2.31. The van der Waals surface area contributed by atoms with Crippen LogP contribution >= 0.6 is 0 Å². The number of hydrogen-bond acceptors (Lipinski definition) is 5. The van der Waals surface area contributed by atoms with E-state index in [1.54, 1.807) is 21.1 Å². The van der Waals surface area contributed by atoms with E-state index in [-0.39, 0.29) is 18.0 Å². The summed E-state index contributed by atoms with van der Waals surface area (Å²) in [6.45, 7) is 3.72. The van der Waals surface area contributed by atoms with Gasteiger partial charge in [0, 0.05) is 12.7 Å². The molecule has 0 saturated carbocycles. The molecule has 104 valence electrons. The third-order valence-corrected chi connectivity index (χ3v) is 3.44. The molecule has 0 bridgehead atoms. The van der Waals surface area contributed by atoms with Gasteiger partial charge in [-0.1, -0.05) is 0 Å². The maximum Gasteiger partial charge on any atom is 0.317 e. The van der Waals surface area contributed by atoms with Crippen LogP contribution in [0.5, 0.6) is 17.2 Å². The smallest absolute Gasteiger partial charge is 0.317 e. The predicted octanol–water partition coefficient (Wildman–Crippen LogP) is 2.25. The number of methoxy groups -OCH3 is 3. The number of benzene rings is 1. The lowest BCUT2D eigenvalue weighted by Gasteiger charge is -2.31. The Morgan fingerprint density at radius 2 is 1.89 bits per heavy atom. The first kappa shape index (κ1) is 13.7. The van der Waals surface area contributed by atoms with Gasteiger partial charge in [-0.25, -0.2) is 0 Å². The zero-order chi connectivity index (χ0) is 14.2. The molecule has 0 aromatic heterocycles. The van der Waals surface area contributed by atoms with Crippen LogP contribution in [0, 0.1) is 12.8 Å². The Morgan fingerprint density at radius 1 is 1.21 bits per heavy atom. The minimum atomic E-state index is -0.352. The van der Waals surface area contributed by atoms with Gasteiger partial charge in [0.05, 0.1) is 26.2 Å². The summed E-state index contributed by atoms with van der Waals surface area (Å²) >= 11 is 0. The van der Waals surface area contributed by atoms with Crippen LogP contribution in [0.4, 0.5) is 0 Å². The maximum absolute atomic E-state index is 11.9. The van der Waals surface area contributed by atoms with Crippen LogP contribution in [0.15, 0.2) is 6.07 Å². The van der Waals surface area contributed by atoms with Gasteiger partial charge in [-0.3, -0.25) is 4.79 Å². The highest BCUT2D eigenvalue weighted by molar-refractivity contribution is 5.81. The lowest BCUT2D eigenvalue weighted by molar-refractivity contribution is -0.146. The summed E-state index contributed by atoms with van der Waals surface area (Å²) in [5.41, 5.74) is 1.78. The Labute approximate surface area is 112 Å². The van der Waals surface area contributed by atoms with Gasteiger partial charge in [-0.2, -0.15) is 0 Å². The number of carbonyl (C=O) groups is 1. The second-order valence-corrected chi connectivity index (χ2v) is 4.54. The van der Waals surface area contributed by atoms with Crippen LogP contribution in [-0.2, 0) is 9.53 Å². The Morgan fingerprint density at radius 3 is 2.42 bits per heavy atom. The standard InChI is InChI=1S/C14H18O5/c1-7-6-9(16-3)12(18-5)13-10(7)11(17-4)8(2)14(15)19-13/h6,8,11H,1-5H3. The van der Waals surface area contributed by atoms with Crippen molar-refractivity contribution in [3.8, 4) is 17.2 Å². The van der Waals surface area contributed by atoms with Gasteiger partial charge < -0.3 is 18.9 Å². The van der Waals surface area contributed by atoms with Crippen LogP contribution in [0.3, 0.4) is 0 Å². The Hall–Kier alpha value is -1.75. The van der Waals surface area contributed by atoms with E-state index in [1.807, 2.05) is 13.0 Å². The SMILES string of the molecule is COc1cc(C)c2c(c1OC)OC(=O)C(C)C2OC. The molecule has 1 aromatic rings. The summed E-state index contributed by atoms with van der Waals surface area (Å²) < 4.78 is 21.4. The molecule has 0 amide bonds. The van der Waals surface area contributed by atoms with E-state index in [0.717, 1.165) is 11.1 Å². The molecule has 0 spiro atoms. The molecule has 0 N–H and O–H groups in total. The van der Waals surface area contributed by atoms with Gasteiger partial charge in [-0.05, 0) is 25.5 Å². The van der Waals surface area contributed by atoms with E-state index >= 15 is 0 Å². The first-order valence-electron chi connectivity index (χ1n) is 6.05. The van der Waals surface area contributed by atoms with Crippen molar-refractivity contribution in [2.24, 2.45) is 5.92 Å². The molecule has 2 unspecified atom stereocenters. The van der Waals surface area contributed by atoms with Crippen LogP contribution < -0.4 is 14.2 Å². The molecule has 0 radical (unpaired) electrons. The second-order valence-electron chi connectivity index (χ2n) is 4.54. The topological polar surface area (TPSA) is 54.0 Å². The highest BCUT2D eigenvalue weighted by atomic mass is 16.6. The summed E-state index contributed by atoms with van der Waals surface area (Å²) in [5.74, 6) is 0.676. The number of ether oxygens (including phenoxy) is 4. The fraction of sp³-hybridized carbons (Fsp3) is 0.500. The first-order chi connectivity index (χ1) is 9.04. The summed E-state index contributed by atoms with van der Waals surface area (Å²) in [6, 6.07) is 1.86. The molecule has 5 nitrogen and oxygen atoms in total. The van der Waals surface area contributed by atoms with E-state index in [9.17, 15) is 4.79 Å². The zero-order valence-corrected chi connectivity index (χ0v) is 11.8. The van der Waals surface area contributed by atoms with Gasteiger partial charge in [0.1, 0.15) is 0 Å². The Balaban J connectivity index is 2.70. The van der Waals surface area contributed by atoms with E-state index in [0.29, 0.717) is 17.2 Å². The normalized spacial score (nSPS) is 21.6. The van der Waals surface area contributed by atoms with Crippen molar-refractivity contribution >= 4 is 5.97 Å². The molecule has 2 atom stereocenters. The van der Waals surface area contributed by atoms with Crippen molar-refractivity contribution in [3.63, 3.8) is 0 Å². The summed E-state index contributed by atoms with van der Waals surface area (Å²) in [7, 11) is 4.64. The molecule has 5 heteroatoms. The number of aryl methyl sites for hydroxylation is 1. The van der Waals surface area contributed by atoms with E-state index in [1.165, 1.54) is 7.11 Å². The van der Waals surface area contributed by atoms with Crippen molar-refractivity contribution in [2.45, 2.75) is 20.0 Å². The average molecular weight is 266 g/mol. The third-order valence-electron chi connectivity index (χ3n) is 3.44. The average Bonchev–Trinajstić information content (AvgIpc) is 2.40. The van der Waals surface area contributed by atoms with Gasteiger partial charge in [0.25, 0.3) is 0 Å². The zero-order valence-electron chi connectivity index (χ0n) is 11.8. The molecule has 1 aromatic carbocycles. The molecule has 0 saturated heterocycles. The van der Waals surface area contributed by atoms with Gasteiger partial charge in [0.2, 0.25) is 5.75 Å². The highest BCUT2D eigenvalue weighted by Gasteiger charge is 2.38. The minimum absolute atomic E-state index is 0.328. The number of carbonyl (C=O) groups excluding carboxylic acids is 1. The monoisotopic (exact) mass is 266 g/mol. The Kier molecular flexibility index (Phi) is 3.66. The molecular formula is C14H18O5. The van der Waals surface area contributed by atoms with E-state index in [4.69, 9.17) is 18.9 Å². The molecular weight excluding hydrogens is 248 g/mol. The third kappa shape index (κ3) is 2.04. The van der Waals surface area contributed by atoms with Crippen LogP contribution in [0.1, 0.15) is 24.2 Å². The van der Waals surface area contributed by atoms with Crippen LogP contribution in [-0.4, -0.2) is 27.3 Å².